The summed E-state index contributed by atoms with van der Waals surface area (Å²) in [6.07, 6.45) is 3.59. The minimum absolute atomic E-state index is 0.230. The highest BCUT2D eigenvalue weighted by Crippen LogP contribution is 2.34. The molecule has 2 aromatic rings. The van der Waals surface area contributed by atoms with E-state index in [1.54, 1.807) is 23.9 Å². The minimum Gasteiger partial charge on any atom is -0.508 e. The second kappa shape index (κ2) is 7.68. The number of imidazole rings is 1. The van der Waals surface area contributed by atoms with Crippen molar-refractivity contribution < 1.29 is 19.3 Å². The Morgan fingerprint density at radius 2 is 2.00 bits per heavy atom. The largest absolute Gasteiger partial charge is 0.508 e. The number of ether oxygens (including phenoxy) is 1. The van der Waals surface area contributed by atoms with Crippen molar-refractivity contribution in [3.8, 4) is 5.75 Å². The lowest BCUT2D eigenvalue weighted by Gasteiger charge is -2.28. The number of hydrogen-bond donors (Lipinski definition) is 2. The van der Waals surface area contributed by atoms with Crippen LogP contribution in [-0.2, 0) is 17.1 Å². The lowest BCUT2D eigenvalue weighted by molar-refractivity contribution is 0.0402. The normalized spacial score (nSPS) is 14.5. The van der Waals surface area contributed by atoms with Crippen LogP contribution in [0.25, 0.3) is 0 Å². The van der Waals surface area contributed by atoms with E-state index in [-0.39, 0.29) is 24.5 Å². The summed E-state index contributed by atoms with van der Waals surface area (Å²) in [4.78, 5) is 4.26. The highest BCUT2D eigenvalue weighted by molar-refractivity contribution is 6.76. The first-order valence-corrected chi connectivity index (χ1v) is 12.2. The molecule has 2 N–H and O–H groups in total. The van der Waals surface area contributed by atoms with Crippen molar-refractivity contribution in [2.24, 2.45) is 0 Å². The molecule has 0 fully saturated rings. The Morgan fingerprint density at radius 1 is 1.28 bits per heavy atom. The molecule has 0 aliphatic rings. The van der Waals surface area contributed by atoms with Gasteiger partial charge in [-0.2, -0.15) is 0 Å². The highest BCUT2D eigenvalue weighted by Gasteiger charge is 2.35. The fourth-order valence-electron chi connectivity index (χ4n) is 2.62. The first-order valence-electron chi connectivity index (χ1n) is 8.47. The van der Waals surface area contributed by atoms with Gasteiger partial charge in [0.05, 0.1) is 0 Å². The zero-order valence-electron chi connectivity index (χ0n) is 15.3. The third-order valence-corrected chi connectivity index (χ3v) is 5.89. The second-order valence-corrected chi connectivity index (χ2v) is 13.1. The Morgan fingerprint density at radius 3 is 2.60 bits per heavy atom. The van der Waals surface area contributed by atoms with Crippen molar-refractivity contribution in [3.63, 3.8) is 0 Å². The maximum absolute atomic E-state index is 13.7. The molecule has 138 valence electrons. The molecular formula is C18H27FN2O3Si. The quantitative estimate of drug-likeness (QED) is 0.552. The van der Waals surface area contributed by atoms with E-state index in [4.69, 9.17) is 4.74 Å². The molecular weight excluding hydrogens is 339 g/mol. The van der Waals surface area contributed by atoms with Crippen LogP contribution < -0.4 is 0 Å². The van der Waals surface area contributed by atoms with Gasteiger partial charge in [0.15, 0.2) is 0 Å². The summed E-state index contributed by atoms with van der Waals surface area (Å²) >= 11 is 0. The van der Waals surface area contributed by atoms with Crippen molar-refractivity contribution in [1.82, 2.24) is 9.55 Å². The topological polar surface area (TPSA) is 67.5 Å². The molecule has 0 amide bonds. The molecule has 7 heteroatoms. The molecule has 1 unspecified atom stereocenters. The summed E-state index contributed by atoms with van der Waals surface area (Å²) in [5.41, 5.74) is -1.24. The molecule has 1 heterocycles. The Hall–Kier alpha value is -1.70. The molecule has 0 saturated carbocycles. The molecule has 0 aliphatic heterocycles. The number of rotatable bonds is 8. The number of aromatic nitrogens is 2. The van der Waals surface area contributed by atoms with Crippen molar-refractivity contribution in [1.29, 1.82) is 0 Å². The fraction of sp³-hybridized carbons (Fsp3) is 0.500. The maximum atomic E-state index is 13.7. The van der Waals surface area contributed by atoms with Crippen LogP contribution in [0.3, 0.4) is 0 Å². The van der Waals surface area contributed by atoms with Crippen LogP contribution in [0.15, 0.2) is 30.6 Å². The summed E-state index contributed by atoms with van der Waals surface area (Å²) < 4.78 is 21.1. The van der Waals surface area contributed by atoms with Crippen LogP contribution in [-0.4, -0.2) is 34.4 Å². The van der Waals surface area contributed by atoms with Crippen molar-refractivity contribution in [2.45, 2.75) is 51.4 Å². The summed E-state index contributed by atoms with van der Waals surface area (Å²) in [5, 5.41) is 20.8. The van der Waals surface area contributed by atoms with Gasteiger partial charge in [-0.15, -0.1) is 0 Å². The Kier molecular flexibility index (Phi) is 6.02. The number of phenols is 1. The highest BCUT2D eigenvalue weighted by atomic mass is 28.3. The summed E-state index contributed by atoms with van der Waals surface area (Å²) in [5.74, 6) is -0.467. The van der Waals surface area contributed by atoms with Crippen LogP contribution in [0.5, 0.6) is 5.75 Å². The number of benzene rings is 1. The Bertz CT molecular complexity index is 694. The molecule has 1 aromatic carbocycles. The van der Waals surface area contributed by atoms with E-state index in [1.807, 2.05) is 0 Å². The molecule has 0 spiro atoms. The predicted molar refractivity (Wildman–Crippen MR) is 97.7 cm³/mol. The van der Waals surface area contributed by atoms with Gasteiger partial charge < -0.3 is 19.5 Å². The van der Waals surface area contributed by atoms with Crippen LogP contribution in [0.4, 0.5) is 4.39 Å². The van der Waals surface area contributed by atoms with Crippen molar-refractivity contribution >= 4 is 8.07 Å². The van der Waals surface area contributed by atoms with Gasteiger partial charge in [0.25, 0.3) is 0 Å². The number of aromatic hydroxyl groups is 1. The third-order valence-electron chi connectivity index (χ3n) is 4.18. The molecule has 0 radical (unpaired) electrons. The molecule has 2 rings (SSSR count). The maximum Gasteiger partial charge on any atom is 0.147 e. The van der Waals surface area contributed by atoms with Crippen LogP contribution in [0.1, 0.15) is 24.7 Å². The second-order valence-electron chi connectivity index (χ2n) is 7.48. The monoisotopic (exact) mass is 366 g/mol. The van der Waals surface area contributed by atoms with Gasteiger partial charge in [-0.1, -0.05) is 26.6 Å². The van der Waals surface area contributed by atoms with E-state index >= 15 is 0 Å². The predicted octanol–water partition coefficient (Wildman–Crippen LogP) is 3.69. The van der Waals surface area contributed by atoms with Gasteiger partial charge in [0.2, 0.25) is 0 Å². The van der Waals surface area contributed by atoms with E-state index in [0.717, 1.165) is 12.1 Å². The van der Waals surface area contributed by atoms with Gasteiger partial charge in [-0.25, -0.2) is 9.37 Å². The van der Waals surface area contributed by atoms with Crippen LogP contribution in [0.2, 0.25) is 25.7 Å². The zero-order chi connectivity index (χ0) is 18.7. The SMILES string of the molecule is CCC(O)(c1cc(O)cc(F)c1)c1nccn1COCC[Si](C)(C)C. The molecule has 1 atom stereocenters. The van der Waals surface area contributed by atoms with Gasteiger partial charge in [0, 0.05) is 33.1 Å². The molecule has 0 bridgehead atoms. The number of hydrogen-bond acceptors (Lipinski definition) is 4. The summed E-state index contributed by atoms with van der Waals surface area (Å²) in [6.45, 7) is 9.55. The average Bonchev–Trinajstić information content (AvgIpc) is 2.98. The van der Waals surface area contributed by atoms with Crippen molar-refractivity contribution in [2.75, 3.05) is 6.61 Å². The first kappa shape index (κ1) is 19.6. The number of aliphatic hydroxyl groups is 1. The van der Waals surface area contributed by atoms with E-state index < -0.39 is 19.5 Å². The smallest absolute Gasteiger partial charge is 0.147 e. The number of halogens is 1. The molecule has 0 aliphatic carbocycles. The zero-order valence-corrected chi connectivity index (χ0v) is 16.3. The summed E-state index contributed by atoms with van der Waals surface area (Å²) in [7, 11) is -1.17. The van der Waals surface area contributed by atoms with E-state index in [1.165, 1.54) is 12.1 Å². The Labute approximate surface area is 149 Å². The van der Waals surface area contributed by atoms with Gasteiger partial charge in [-0.3, -0.25) is 0 Å². The molecule has 5 nitrogen and oxygen atoms in total. The average molecular weight is 367 g/mol. The summed E-state index contributed by atoms with van der Waals surface area (Å²) in [6, 6.07) is 4.63. The lowest BCUT2D eigenvalue weighted by atomic mass is 9.90. The van der Waals surface area contributed by atoms with Gasteiger partial charge >= 0.3 is 0 Å². The van der Waals surface area contributed by atoms with Gasteiger partial charge in [0.1, 0.15) is 29.7 Å². The van der Waals surface area contributed by atoms with Crippen molar-refractivity contribution in [3.05, 3.63) is 47.8 Å². The third kappa shape index (κ3) is 4.90. The lowest BCUT2D eigenvalue weighted by Crippen LogP contribution is -2.31. The first-order chi connectivity index (χ1) is 11.7. The fourth-order valence-corrected chi connectivity index (χ4v) is 3.38. The number of phenolic OH excluding ortho intramolecular Hbond substituents is 1. The van der Waals surface area contributed by atoms with E-state index in [9.17, 15) is 14.6 Å². The van der Waals surface area contributed by atoms with E-state index in [0.29, 0.717) is 12.4 Å². The minimum atomic E-state index is -1.51. The van der Waals surface area contributed by atoms with Crippen LogP contribution >= 0.6 is 0 Å². The Balaban J connectivity index is 2.22. The van der Waals surface area contributed by atoms with Gasteiger partial charge in [-0.05, 0) is 30.2 Å². The van der Waals surface area contributed by atoms with E-state index in [2.05, 4.69) is 24.6 Å². The molecule has 0 saturated heterocycles. The standard InChI is InChI=1S/C18H27FN2O3Si/c1-5-18(23,14-10-15(19)12-16(22)11-14)17-20-6-7-21(17)13-24-8-9-25(2,3)4/h6-7,10-12,22-23H,5,8-9,13H2,1-4H3. The van der Waals surface area contributed by atoms with Crippen LogP contribution in [0, 0.1) is 5.82 Å². The molecule has 1 aromatic heterocycles. The molecule has 25 heavy (non-hydrogen) atoms. The number of nitrogens with zero attached hydrogens (tertiary/aromatic N) is 2.